The maximum Gasteiger partial charge on any atom is 0.433 e. The Morgan fingerprint density at radius 3 is 2.21 bits per heavy atom. The van der Waals surface area contributed by atoms with Crippen LogP contribution in [0, 0.1) is 13.8 Å². The smallest absolute Gasteiger partial charge is 0.433 e. The number of halogens is 5. The van der Waals surface area contributed by atoms with E-state index in [0.717, 1.165) is 17.0 Å². The summed E-state index contributed by atoms with van der Waals surface area (Å²) in [6.45, 7) is -0.0316. The number of rotatable bonds is 7. The monoisotopic (exact) mass is 603 g/mol. The molecule has 0 saturated heterocycles. The molecule has 5 rings (SSSR count). The highest BCUT2D eigenvalue weighted by molar-refractivity contribution is 7.90. The molecule has 2 aromatic heterocycles. The Bertz CT molecular complexity index is 1880. The lowest BCUT2D eigenvalue weighted by Crippen LogP contribution is -2.14. The lowest BCUT2D eigenvalue weighted by Gasteiger charge is -2.16. The van der Waals surface area contributed by atoms with Crippen molar-refractivity contribution in [1.82, 2.24) is 14.8 Å². The van der Waals surface area contributed by atoms with E-state index >= 15 is 0 Å². The number of aryl methyl sites for hydroxylation is 2. The average molecular weight is 604 g/mol. The van der Waals surface area contributed by atoms with E-state index < -0.39 is 28.3 Å². The zero-order valence-electron chi connectivity index (χ0n) is 22.3. The van der Waals surface area contributed by atoms with E-state index in [2.05, 4.69) is 14.8 Å². The molecular formula is C29H22F5N3O4S. The second-order valence-corrected chi connectivity index (χ2v) is 11.4. The first-order valence-electron chi connectivity index (χ1n) is 12.3. The van der Waals surface area contributed by atoms with Gasteiger partial charge in [-0.25, -0.2) is 18.1 Å². The molecular weight excluding hydrogens is 581 g/mol. The van der Waals surface area contributed by atoms with Gasteiger partial charge in [-0.2, -0.15) is 27.1 Å². The summed E-state index contributed by atoms with van der Waals surface area (Å²) in [5.41, 5.74) is 0.893. The van der Waals surface area contributed by atoms with Crippen molar-refractivity contribution >= 4 is 9.84 Å². The minimum absolute atomic E-state index is 0.0330. The Labute approximate surface area is 237 Å². The quantitative estimate of drug-likeness (QED) is 0.179. The van der Waals surface area contributed by atoms with Gasteiger partial charge in [0, 0.05) is 24.3 Å². The lowest BCUT2D eigenvalue weighted by atomic mass is 9.98. The van der Waals surface area contributed by atoms with Gasteiger partial charge in [0.25, 0.3) is 0 Å². The molecule has 0 fully saturated rings. The summed E-state index contributed by atoms with van der Waals surface area (Å²) >= 11 is 0. The standard InChI is InChI=1S/C29H22F5N3O4S/c1-16-13-25(29(32,33)34)37(36-16)24-12-9-20(19-5-4-6-22(14-19)42(3,38)39)15-23(24)26-27(40-17(2)35-26)18-7-10-21(11-8-18)41-28(30)31/h4-15,28H,1-3H3. The van der Waals surface area contributed by atoms with Crippen LogP contribution in [0.4, 0.5) is 22.0 Å². The minimum Gasteiger partial charge on any atom is -0.440 e. The van der Waals surface area contributed by atoms with Crippen LogP contribution in [-0.2, 0) is 16.0 Å². The van der Waals surface area contributed by atoms with Crippen molar-refractivity contribution in [2.75, 3.05) is 6.26 Å². The first-order valence-corrected chi connectivity index (χ1v) is 14.2. The third kappa shape index (κ3) is 5.91. The van der Waals surface area contributed by atoms with Gasteiger partial charge in [-0.05, 0) is 72.6 Å². The summed E-state index contributed by atoms with van der Waals surface area (Å²) in [6.07, 6.45) is -3.66. The number of nitrogens with zero attached hydrogens (tertiary/aromatic N) is 3. The molecule has 0 aliphatic rings. The fourth-order valence-corrected chi connectivity index (χ4v) is 5.14. The second kappa shape index (κ2) is 10.7. The van der Waals surface area contributed by atoms with Crippen molar-refractivity contribution in [3.8, 4) is 45.1 Å². The molecule has 0 aliphatic carbocycles. The largest absolute Gasteiger partial charge is 0.440 e. The predicted molar refractivity (Wildman–Crippen MR) is 144 cm³/mol. The maximum atomic E-state index is 14.0. The van der Waals surface area contributed by atoms with Crippen molar-refractivity contribution in [2.24, 2.45) is 0 Å². The van der Waals surface area contributed by atoms with E-state index in [-0.39, 0.29) is 44.9 Å². The van der Waals surface area contributed by atoms with Gasteiger partial charge in [-0.15, -0.1) is 0 Å². The van der Waals surface area contributed by atoms with Crippen molar-refractivity contribution in [2.45, 2.75) is 31.5 Å². The lowest BCUT2D eigenvalue weighted by molar-refractivity contribution is -0.142. The molecule has 0 saturated carbocycles. The van der Waals surface area contributed by atoms with Crippen molar-refractivity contribution in [3.05, 3.63) is 90.1 Å². The molecule has 0 amide bonds. The number of aromatic nitrogens is 3. The first-order chi connectivity index (χ1) is 19.7. The van der Waals surface area contributed by atoms with Crippen molar-refractivity contribution in [3.63, 3.8) is 0 Å². The minimum atomic E-state index is -4.73. The number of sulfone groups is 1. The number of benzene rings is 3. The Hall–Kier alpha value is -4.52. The SMILES string of the molecule is Cc1cc(C(F)(F)F)n(-c2ccc(-c3cccc(S(C)(=O)=O)c3)cc2-c2nc(C)oc2-c2ccc(OC(F)F)cc2)n1. The zero-order valence-corrected chi connectivity index (χ0v) is 23.1. The van der Waals surface area contributed by atoms with E-state index in [0.29, 0.717) is 16.7 Å². The summed E-state index contributed by atoms with van der Waals surface area (Å²) in [5.74, 6) is 0.259. The van der Waals surface area contributed by atoms with Gasteiger partial charge in [-0.1, -0.05) is 18.2 Å². The van der Waals surface area contributed by atoms with Crippen LogP contribution in [0.25, 0.3) is 39.4 Å². The highest BCUT2D eigenvalue weighted by Gasteiger charge is 2.37. The van der Waals surface area contributed by atoms with E-state index in [4.69, 9.17) is 4.42 Å². The number of alkyl halides is 5. The molecule has 5 aromatic rings. The van der Waals surface area contributed by atoms with Crippen LogP contribution in [-0.4, -0.2) is 36.0 Å². The van der Waals surface area contributed by atoms with Crippen LogP contribution < -0.4 is 4.74 Å². The van der Waals surface area contributed by atoms with Crippen LogP contribution in [0.1, 0.15) is 17.3 Å². The summed E-state index contributed by atoms with van der Waals surface area (Å²) in [5, 5.41) is 4.10. The molecule has 0 aliphatic heterocycles. The first kappa shape index (κ1) is 29.0. The normalized spacial score (nSPS) is 12.2. The topological polar surface area (TPSA) is 87.2 Å². The van der Waals surface area contributed by atoms with Crippen LogP contribution in [0.15, 0.2) is 82.1 Å². The van der Waals surface area contributed by atoms with Gasteiger partial charge in [0.2, 0.25) is 0 Å². The molecule has 2 heterocycles. The third-order valence-electron chi connectivity index (χ3n) is 6.27. The number of hydrogen-bond donors (Lipinski definition) is 0. The summed E-state index contributed by atoms with van der Waals surface area (Å²) in [7, 11) is -3.54. The molecule has 0 unspecified atom stereocenters. The Morgan fingerprint density at radius 1 is 0.905 bits per heavy atom. The van der Waals surface area contributed by atoms with E-state index in [9.17, 15) is 30.4 Å². The van der Waals surface area contributed by atoms with Gasteiger partial charge < -0.3 is 9.15 Å². The Kier molecular flexibility index (Phi) is 7.39. The van der Waals surface area contributed by atoms with Gasteiger partial charge in [0.05, 0.1) is 16.3 Å². The molecule has 42 heavy (non-hydrogen) atoms. The van der Waals surface area contributed by atoms with E-state index in [1.54, 1.807) is 31.2 Å². The number of hydrogen-bond acceptors (Lipinski definition) is 6. The summed E-state index contributed by atoms with van der Waals surface area (Å²) in [6, 6.07) is 17.1. The molecule has 0 N–H and O–H groups in total. The van der Waals surface area contributed by atoms with Gasteiger partial charge in [-0.3, -0.25) is 0 Å². The van der Waals surface area contributed by atoms with Crippen LogP contribution >= 0.6 is 0 Å². The predicted octanol–water partition coefficient (Wildman–Crippen LogP) is 7.50. The number of oxazole rings is 1. The molecule has 13 heteroatoms. The molecule has 0 bridgehead atoms. The summed E-state index contributed by atoms with van der Waals surface area (Å²) < 4.78 is 103. The maximum absolute atomic E-state index is 14.0. The van der Waals surface area contributed by atoms with E-state index in [1.807, 2.05) is 0 Å². The zero-order chi connectivity index (χ0) is 30.4. The highest BCUT2D eigenvalue weighted by atomic mass is 32.2. The van der Waals surface area contributed by atoms with Crippen LogP contribution in [0.3, 0.4) is 0 Å². The van der Waals surface area contributed by atoms with Crippen molar-refractivity contribution < 1.29 is 39.5 Å². The van der Waals surface area contributed by atoms with Crippen LogP contribution in [0.5, 0.6) is 5.75 Å². The highest BCUT2D eigenvalue weighted by Crippen LogP contribution is 2.40. The fourth-order valence-electron chi connectivity index (χ4n) is 4.47. The Morgan fingerprint density at radius 2 is 1.57 bits per heavy atom. The molecule has 3 aromatic carbocycles. The third-order valence-corrected chi connectivity index (χ3v) is 7.38. The van der Waals surface area contributed by atoms with Crippen LogP contribution in [0.2, 0.25) is 0 Å². The molecule has 0 radical (unpaired) electrons. The van der Waals surface area contributed by atoms with Gasteiger partial charge >= 0.3 is 12.8 Å². The van der Waals surface area contributed by atoms with Crippen molar-refractivity contribution in [1.29, 1.82) is 0 Å². The second-order valence-electron chi connectivity index (χ2n) is 9.43. The van der Waals surface area contributed by atoms with E-state index in [1.165, 1.54) is 49.4 Å². The fraction of sp³-hybridized carbons (Fsp3) is 0.172. The molecule has 218 valence electrons. The molecule has 7 nitrogen and oxygen atoms in total. The number of ether oxygens (including phenoxy) is 1. The van der Waals surface area contributed by atoms with Gasteiger partial charge in [0.1, 0.15) is 17.1 Å². The van der Waals surface area contributed by atoms with Gasteiger partial charge in [0.15, 0.2) is 21.5 Å². The molecule has 0 atom stereocenters. The average Bonchev–Trinajstić information content (AvgIpc) is 3.51. The summed E-state index contributed by atoms with van der Waals surface area (Å²) in [4.78, 5) is 4.53. The molecule has 0 spiro atoms. The Balaban J connectivity index is 1.75.